The normalized spacial score (nSPS) is 17.0. The van der Waals surface area contributed by atoms with Crippen molar-refractivity contribution < 1.29 is 24.2 Å². The molecule has 0 radical (unpaired) electrons. The lowest BCUT2D eigenvalue weighted by molar-refractivity contribution is -0.140. The third-order valence-corrected chi connectivity index (χ3v) is 6.56. The highest BCUT2D eigenvalue weighted by atomic mass is 16.5. The summed E-state index contributed by atoms with van der Waals surface area (Å²) in [6, 6.07) is 13.8. The fraction of sp³-hybridized carbons (Fsp3) is 0.467. The van der Waals surface area contributed by atoms with Gasteiger partial charge in [0, 0.05) is 12.1 Å². The zero-order valence-electron chi connectivity index (χ0n) is 22.5. The number of ether oxygens (including phenoxy) is 2. The van der Waals surface area contributed by atoms with Gasteiger partial charge in [-0.15, -0.1) is 0 Å². The second-order valence-electron chi connectivity index (χ2n) is 9.17. The molecule has 1 heterocycles. The smallest absolute Gasteiger partial charge is 0.295 e. The number of nitrogens with zero attached hydrogens (tertiary/aromatic N) is 2. The van der Waals surface area contributed by atoms with Gasteiger partial charge in [-0.05, 0) is 68.7 Å². The number of aliphatic hydroxyl groups is 1. The molecule has 7 nitrogen and oxygen atoms in total. The summed E-state index contributed by atoms with van der Waals surface area (Å²) in [7, 11) is 0. The van der Waals surface area contributed by atoms with E-state index in [1.54, 1.807) is 23.1 Å². The number of carbonyl (C=O) groups excluding carboxylic acids is 2. The van der Waals surface area contributed by atoms with E-state index in [9.17, 15) is 14.7 Å². The fourth-order valence-electron chi connectivity index (χ4n) is 4.54. The summed E-state index contributed by atoms with van der Waals surface area (Å²) in [4.78, 5) is 30.4. The molecular formula is C30H40N2O5. The fourth-order valence-corrected chi connectivity index (χ4v) is 4.54. The van der Waals surface area contributed by atoms with Gasteiger partial charge in [-0.25, -0.2) is 0 Å². The summed E-state index contributed by atoms with van der Waals surface area (Å²) < 4.78 is 11.4. The molecule has 1 amide bonds. The van der Waals surface area contributed by atoms with E-state index >= 15 is 0 Å². The second kappa shape index (κ2) is 13.8. The Morgan fingerprint density at radius 3 is 2.19 bits per heavy atom. The highest BCUT2D eigenvalue weighted by molar-refractivity contribution is 6.46. The number of Topliss-reactive ketones (excluding diaryl/α,β-unsaturated/α-hetero) is 1. The van der Waals surface area contributed by atoms with Gasteiger partial charge < -0.3 is 24.4 Å². The number of rotatable bonds is 14. The minimum absolute atomic E-state index is 0.0997. The van der Waals surface area contributed by atoms with Gasteiger partial charge in [0.2, 0.25) is 0 Å². The molecule has 1 unspecified atom stereocenters. The first kappa shape index (κ1) is 28.3. The molecule has 0 aromatic heterocycles. The predicted octanol–water partition coefficient (Wildman–Crippen LogP) is 5.42. The largest absolute Gasteiger partial charge is 0.507 e. The van der Waals surface area contributed by atoms with Crippen molar-refractivity contribution in [2.24, 2.45) is 0 Å². The minimum atomic E-state index is -0.683. The number of amides is 1. The average molecular weight is 509 g/mol. The standard InChI is InChI=1S/C30H40N2O5/c1-5-19-36-24-15-13-22(14-16-24)27-26(28(33)23-11-9-12-25(21-23)37-20-6-2)29(34)30(35)32(27)18-10-17-31(7-3)8-4/h9,11-16,21,27,33H,5-8,10,17-20H2,1-4H3/b28-26+. The van der Waals surface area contributed by atoms with E-state index in [0.717, 1.165) is 50.2 Å². The molecule has 3 rings (SSSR count). The summed E-state index contributed by atoms with van der Waals surface area (Å²) in [5.74, 6) is -0.117. The quantitative estimate of drug-likeness (QED) is 0.209. The lowest BCUT2D eigenvalue weighted by Crippen LogP contribution is -2.33. The molecule has 37 heavy (non-hydrogen) atoms. The maximum Gasteiger partial charge on any atom is 0.295 e. The van der Waals surface area contributed by atoms with Crippen molar-refractivity contribution in [3.63, 3.8) is 0 Å². The maximum absolute atomic E-state index is 13.3. The highest BCUT2D eigenvalue weighted by Gasteiger charge is 2.45. The Bertz CT molecular complexity index is 1080. The zero-order chi connectivity index (χ0) is 26.8. The number of hydrogen-bond acceptors (Lipinski definition) is 6. The van der Waals surface area contributed by atoms with Gasteiger partial charge in [0.25, 0.3) is 11.7 Å². The van der Waals surface area contributed by atoms with Crippen molar-refractivity contribution in [2.75, 3.05) is 39.4 Å². The van der Waals surface area contributed by atoms with Gasteiger partial charge in [-0.2, -0.15) is 0 Å². The summed E-state index contributed by atoms with van der Waals surface area (Å²) in [5, 5.41) is 11.4. The molecule has 2 aromatic rings. The Kier molecular flexibility index (Phi) is 10.6. The van der Waals surface area contributed by atoms with Gasteiger partial charge in [0.15, 0.2) is 0 Å². The first-order valence-corrected chi connectivity index (χ1v) is 13.4. The van der Waals surface area contributed by atoms with Crippen LogP contribution in [0.5, 0.6) is 11.5 Å². The summed E-state index contributed by atoms with van der Waals surface area (Å²) >= 11 is 0. The van der Waals surface area contributed by atoms with Crippen LogP contribution in [0.15, 0.2) is 54.1 Å². The van der Waals surface area contributed by atoms with Gasteiger partial charge in [0.1, 0.15) is 17.3 Å². The van der Waals surface area contributed by atoms with E-state index in [4.69, 9.17) is 9.47 Å². The van der Waals surface area contributed by atoms with Crippen molar-refractivity contribution in [1.82, 2.24) is 9.80 Å². The lowest BCUT2D eigenvalue weighted by atomic mass is 9.95. The van der Waals surface area contributed by atoms with Gasteiger partial charge in [-0.3, -0.25) is 9.59 Å². The molecule has 7 heteroatoms. The monoisotopic (exact) mass is 508 g/mol. The molecule has 2 aromatic carbocycles. The summed E-state index contributed by atoms with van der Waals surface area (Å²) in [6.45, 7) is 12.5. The molecular weight excluding hydrogens is 468 g/mol. The number of ketones is 1. The van der Waals surface area contributed by atoms with Crippen LogP contribution in [0.3, 0.4) is 0 Å². The maximum atomic E-state index is 13.3. The third kappa shape index (κ3) is 6.92. The van der Waals surface area contributed by atoms with Crippen molar-refractivity contribution >= 4 is 17.4 Å². The molecule has 1 atom stereocenters. The molecule has 0 spiro atoms. The molecule has 1 aliphatic heterocycles. The van der Waals surface area contributed by atoms with Crippen molar-refractivity contribution in [3.05, 3.63) is 65.2 Å². The van der Waals surface area contributed by atoms with Crippen molar-refractivity contribution in [2.45, 2.75) is 53.0 Å². The molecule has 1 aliphatic rings. The molecule has 0 bridgehead atoms. The van der Waals surface area contributed by atoms with E-state index in [1.807, 2.05) is 44.2 Å². The van der Waals surface area contributed by atoms with E-state index in [1.165, 1.54) is 0 Å². The lowest BCUT2D eigenvalue weighted by Gasteiger charge is -2.27. The van der Waals surface area contributed by atoms with Gasteiger partial charge in [0.05, 0.1) is 24.8 Å². The van der Waals surface area contributed by atoms with Crippen LogP contribution in [-0.2, 0) is 9.59 Å². The van der Waals surface area contributed by atoms with Crippen LogP contribution in [0.1, 0.15) is 64.1 Å². The van der Waals surface area contributed by atoms with Crippen LogP contribution in [0.2, 0.25) is 0 Å². The minimum Gasteiger partial charge on any atom is -0.507 e. The van der Waals surface area contributed by atoms with Gasteiger partial charge in [-0.1, -0.05) is 52.0 Å². The van der Waals surface area contributed by atoms with E-state index in [-0.39, 0.29) is 11.3 Å². The van der Waals surface area contributed by atoms with Crippen LogP contribution in [0.4, 0.5) is 0 Å². The van der Waals surface area contributed by atoms with Crippen LogP contribution in [0, 0.1) is 0 Å². The first-order chi connectivity index (χ1) is 17.9. The van der Waals surface area contributed by atoms with E-state index in [2.05, 4.69) is 18.7 Å². The Balaban J connectivity index is 2.00. The van der Waals surface area contributed by atoms with Crippen molar-refractivity contribution in [3.8, 4) is 11.5 Å². The van der Waals surface area contributed by atoms with Crippen molar-refractivity contribution in [1.29, 1.82) is 0 Å². The second-order valence-corrected chi connectivity index (χ2v) is 9.17. The predicted molar refractivity (Wildman–Crippen MR) is 146 cm³/mol. The summed E-state index contributed by atoms with van der Waals surface area (Å²) in [6.07, 6.45) is 2.48. The first-order valence-electron chi connectivity index (χ1n) is 13.4. The van der Waals surface area contributed by atoms with Crippen LogP contribution in [0.25, 0.3) is 5.76 Å². The Hall–Kier alpha value is -3.32. The summed E-state index contributed by atoms with van der Waals surface area (Å²) in [5.41, 5.74) is 1.30. The SMILES string of the molecule is CCCOc1ccc(C2/C(=C(\O)c3cccc(OCCC)c3)C(=O)C(=O)N2CCCN(CC)CC)cc1. The zero-order valence-corrected chi connectivity index (χ0v) is 22.5. The molecule has 200 valence electrons. The Morgan fingerprint density at radius 2 is 1.57 bits per heavy atom. The average Bonchev–Trinajstić information content (AvgIpc) is 3.18. The number of aliphatic hydroxyl groups excluding tert-OH is 1. The molecule has 0 saturated carbocycles. The van der Waals surface area contributed by atoms with Crippen LogP contribution >= 0.6 is 0 Å². The van der Waals surface area contributed by atoms with Crippen LogP contribution in [-0.4, -0.2) is 66.0 Å². The van der Waals surface area contributed by atoms with Gasteiger partial charge >= 0.3 is 0 Å². The number of benzene rings is 2. The number of hydrogen-bond donors (Lipinski definition) is 1. The molecule has 1 N–H and O–H groups in total. The van der Waals surface area contributed by atoms with Crippen LogP contribution < -0.4 is 9.47 Å². The number of carbonyl (C=O) groups is 2. The third-order valence-electron chi connectivity index (χ3n) is 6.56. The topological polar surface area (TPSA) is 79.3 Å². The molecule has 1 saturated heterocycles. The van der Waals surface area contributed by atoms with E-state index in [0.29, 0.717) is 31.1 Å². The molecule has 0 aliphatic carbocycles. The number of likely N-dealkylation sites (tertiary alicyclic amines) is 1. The molecule has 1 fully saturated rings. The highest BCUT2D eigenvalue weighted by Crippen LogP contribution is 2.40. The Morgan fingerprint density at radius 1 is 0.919 bits per heavy atom. The van der Waals surface area contributed by atoms with E-state index < -0.39 is 17.7 Å². The Labute approximate surface area is 220 Å².